The number of rotatable bonds is 11. The molecule has 1 aromatic carbocycles. The number of hydrogen-bond donors (Lipinski definition) is 1. The predicted molar refractivity (Wildman–Crippen MR) is 128 cm³/mol. The Balaban J connectivity index is 2.53. The average Bonchev–Trinajstić information content (AvgIpc) is 2.59. The second kappa shape index (κ2) is 11.8. The van der Waals surface area contributed by atoms with Gasteiger partial charge in [-0.1, -0.05) is 100 Å². The fraction of sp³-hybridized carbons (Fsp3) is 0.741. The molecule has 1 rings (SSSR count). The zero-order valence-electron chi connectivity index (χ0n) is 20.9. The topological polar surface area (TPSA) is 46.5 Å². The average molecular weight is 419 g/mol. The molecule has 1 aromatic rings. The van der Waals surface area contributed by atoms with Gasteiger partial charge < -0.3 is 9.84 Å². The highest BCUT2D eigenvalue weighted by molar-refractivity contribution is 5.72. The van der Waals surface area contributed by atoms with Gasteiger partial charge in [-0.2, -0.15) is 0 Å². The summed E-state index contributed by atoms with van der Waals surface area (Å²) in [5.41, 5.74) is 1.16. The molecule has 0 heterocycles. The van der Waals surface area contributed by atoms with E-state index in [1.807, 2.05) is 12.1 Å². The van der Waals surface area contributed by atoms with Crippen LogP contribution in [0, 0.1) is 5.92 Å². The van der Waals surface area contributed by atoms with Crippen molar-refractivity contribution in [3.8, 4) is 11.5 Å². The third-order valence-electron chi connectivity index (χ3n) is 5.59. The molecular formula is C27H46O3. The summed E-state index contributed by atoms with van der Waals surface area (Å²) >= 11 is 0. The van der Waals surface area contributed by atoms with Gasteiger partial charge >= 0.3 is 5.97 Å². The van der Waals surface area contributed by atoms with Crippen LogP contribution >= 0.6 is 0 Å². The number of esters is 1. The van der Waals surface area contributed by atoms with Crippen LogP contribution in [0.4, 0.5) is 0 Å². The summed E-state index contributed by atoms with van der Waals surface area (Å²) in [4.78, 5) is 12.4. The van der Waals surface area contributed by atoms with Crippen LogP contribution in [0.2, 0.25) is 0 Å². The standard InChI is InChI=1S/C27H46O3/c1-20(2)16-14-12-10-9-11-13-15-17-24(28)30-21-18-22(26(3,4)5)25(29)23(19-21)27(6,7)8/h18-20,29H,9-17H2,1-8H3. The van der Waals surface area contributed by atoms with Crippen molar-refractivity contribution in [2.75, 3.05) is 0 Å². The maximum Gasteiger partial charge on any atom is 0.311 e. The van der Waals surface area contributed by atoms with Gasteiger partial charge in [-0.15, -0.1) is 0 Å². The Morgan fingerprint density at radius 2 is 1.27 bits per heavy atom. The van der Waals surface area contributed by atoms with E-state index in [9.17, 15) is 9.90 Å². The highest BCUT2D eigenvalue weighted by Gasteiger charge is 2.27. The molecule has 0 unspecified atom stereocenters. The van der Waals surface area contributed by atoms with Gasteiger partial charge in [-0.25, -0.2) is 0 Å². The zero-order chi connectivity index (χ0) is 22.9. The van der Waals surface area contributed by atoms with E-state index in [1.54, 1.807) is 0 Å². The van der Waals surface area contributed by atoms with E-state index in [1.165, 1.54) is 38.5 Å². The quantitative estimate of drug-likeness (QED) is 0.224. The molecule has 0 spiro atoms. The summed E-state index contributed by atoms with van der Waals surface area (Å²) in [6.45, 7) is 16.9. The van der Waals surface area contributed by atoms with Gasteiger partial charge in [0.1, 0.15) is 11.5 Å². The Bertz CT molecular complexity index is 625. The van der Waals surface area contributed by atoms with Crippen molar-refractivity contribution in [2.45, 2.75) is 124 Å². The van der Waals surface area contributed by atoms with Crippen LogP contribution in [0.1, 0.15) is 124 Å². The molecule has 0 aliphatic carbocycles. The number of ether oxygens (including phenoxy) is 1. The minimum atomic E-state index is -0.234. The number of unbranched alkanes of at least 4 members (excludes halogenated alkanes) is 6. The Kier molecular flexibility index (Phi) is 10.4. The van der Waals surface area contributed by atoms with Gasteiger partial charge in [0.2, 0.25) is 0 Å². The lowest BCUT2D eigenvalue weighted by Gasteiger charge is -2.27. The lowest BCUT2D eigenvalue weighted by Crippen LogP contribution is -2.18. The van der Waals surface area contributed by atoms with Crippen LogP contribution < -0.4 is 4.74 Å². The third kappa shape index (κ3) is 9.53. The van der Waals surface area contributed by atoms with Gasteiger partial charge in [0.05, 0.1) is 0 Å². The highest BCUT2D eigenvalue weighted by atomic mass is 16.5. The Hall–Kier alpha value is -1.51. The van der Waals surface area contributed by atoms with Gasteiger partial charge in [0, 0.05) is 17.5 Å². The van der Waals surface area contributed by atoms with Crippen LogP contribution in [-0.2, 0) is 15.6 Å². The van der Waals surface area contributed by atoms with Crippen LogP contribution in [0.25, 0.3) is 0 Å². The summed E-state index contributed by atoms with van der Waals surface area (Å²) in [6, 6.07) is 3.64. The molecule has 0 fully saturated rings. The first kappa shape index (κ1) is 26.5. The Labute approximate surface area is 185 Å². The fourth-order valence-corrected chi connectivity index (χ4v) is 3.70. The number of hydrogen-bond acceptors (Lipinski definition) is 3. The zero-order valence-corrected chi connectivity index (χ0v) is 20.9. The highest BCUT2D eigenvalue weighted by Crippen LogP contribution is 2.41. The van der Waals surface area contributed by atoms with Crippen LogP contribution in [0.3, 0.4) is 0 Å². The molecule has 3 heteroatoms. The second-order valence-corrected chi connectivity index (χ2v) is 11.2. The molecule has 0 aliphatic rings. The molecule has 0 saturated heterocycles. The van der Waals surface area contributed by atoms with E-state index >= 15 is 0 Å². The Morgan fingerprint density at radius 1 is 0.833 bits per heavy atom. The van der Waals surface area contributed by atoms with Crippen molar-refractivity contribution in [3.63, 3.8) is 0 Å². The van der Waals surface area contributed by atoms with Crippen molar-refractivity contribution in [1.29, 1.82) is 0 Å². The lowest BCUT2D eigenvalue weighted by molar-refractivity contribution is -0.134. The van der Waals surface area contributed by atoms with Crippen LogP contribution in [0.5, 0.6) is 11.5 Å². The second-order valence-electron chi connectivity index (χ2n) is 11.2. The molecule has 0 saturated carbocycles. The first-order valence-electron chi connectivity index (χ1n) is 11.9. The van der Waals surface area contributed by atoms with E-state index in [0.29, 0.717) is 17.9 Å². The molecule has 3 nitrogen and oxygen atoms in total. The fourth-order valence-electron chi connectivity index (χ4n) is 3.70. The number of phenolic OH excluding ortho intramolecular Hbond substituents is 1. The van der Waals surface area contributed by atoms with Crippen molar-refractivity contribution < 1.29 is 14.6 Å². The first-order chi connectivity index (χ1) is 13.8. The molecule has 172 valence electrons. The van der Waals surface area contributed by atoms with Crippen LogP contribution in [0.15, 0.2) is 12.1 Å². The van der Waals surface area contributed by atoms with Gasteiger partial charge in [-0.05, 0) is 35.3 Å². The largest absolute Gasteiger partial charge is 0.507 e. The normalized spacial score (nSPS) is 12.4. The summed E-state index contributed by atoms with van der Waals surface area (Å²) in [5, 5.41) is 10.8. The number of aromatic hydroxyl groups is 1. The van der Waals surface area contributed by atoms with Gasteiger partial charge in [0.25, 0.3) is 0 Å². The molecule has 0 atom stereocenters. The molecule has 1 N–H and O–H groups in total. The minimum Gasteiger partial charge on any atom is -0.507 e. The molecule has 0 amide bonds. The summed E-state index contributed by atoms with van der Waals surface area (Å²) in [5.74, 6) is 1.47. The molecule has 0 bridgehead atoms. The summed E-state index contributed by atoms with van der Waals surface area (Å²) in [6.07, 6.45) is 10.1. The maximum absolute atomic E-state index is 12.4. The summed E-state index contributed by atoms with van der Waals surface area (Å²) < 4.78 is 5.67. The number of benzene rings is 1. The Morgan fingerprint density at radius 3 is 1.70 bits per heavy atom. The lowest BCUT2D eigenvalue weighted by atomic mass is 9.79. The molecule has 0 aromatic heterocycles. The van der Waals surface area contributed by atoms with Crippen molar-refractivity contribution in [3.05, 3.63) is 23.3 Å². The summed E-state index contributed by atoms with van der Waals surface area (Å²) in [7, 11) is 0. The molecule has 0 aliphatic heterocycles. The van der Waals surface area contributed by atoms with Crippen molar-refractivity contribution in [2.24, 2.45) is 5.92 Å². The minimum absolute atomic E-state index is 0.183. The van der Waals surface area contributed by atoms with E-state index in [0.717, 1.165) is 29.9 Å². The van der Waals surface area contributed by atoms with E-state index in [4.69, 9.17) is 4.74 Å². The number of carbonyl (C=O) groups is 1. The molecule has 30 heavy (non-hydrogen) atoms. The number of phenols is 1. The van der Waals surface area contributed by atoms with E-state index in [2.05, 4.69) is 55.4 Å². The monoisotopic (exact) mass is 418 g/mol. The molecular weight excluding hydrogens is 372 g/mol. The SMILES string of the molecule is CC(C)CCCCCCCCCC(=O)Oc1cc(C(C)(C)C)c(O)c(C(C)(C)C)c1. The maximum atomic E-state index is 12.4. The first-order valence-corrected chi connectivity index (χ1v) is 11.9. The number of carbonyl (C=O) groups excluding carboxylic acids is 1. The van der Waals surface area contributed by atoms with E-state index < -0.39 is 0 Å². The smallest absolute Gasteiger partial charge is 0.311 e. The van der Waals surface area contributed by atoms with Crippen molar-refractivity contribution >= 4 is 5.97 Å². The predicted octanol–water partition coefficient (Wildman–Crippen LogP) is 8.06. The van der Waals surface area contributed by atoms with Crippen molar-refractivity contribution in [1.82, 2.24) is 0 Å². The van der Waals surface area contributed by atoms with E-state index in [-0.39, 0.29) is 16.8 Å². The van der Waals surface area contributed by atoms with Gasteiger partial charge in [-0.3, -0.25) is 4.79 Å². The third-order valence-corrected chi connectivity index (χ3v) is 5.59. The molecule has 0 radical (unpaired) electrons. The van der Waals surface area contributed by atoms with Gasteiger partial charge in [0.15, 0.2) is 0 Å². The van der Waals surface area contributed by atoms with Crippen LogP contribution in [-0.4, -0.2) is 11.1 Å².